The molecule has 0 saturated heterocycles. The number of nitrogens with two attached hydrogens (primary N) is 1. The molecule has 0 aliphatic rings. The Bertz CT molecular complexity index is 311. The number of carbonyl (C=O) groups is 2. The second-order valence-electron chi connectivity index (χ2n) is 2.54. The minimum absolute atomic E-state index is 0.0400. The summed E-state index contributed by atoms with van der Waals surface area (Å²) in [6.07, 6.45) is 0.575. The van der Waals surface area contributed by atoms with Crippen molar-refractivity contribution >= 4 is 28.0 Å². The molecular formula is C10H12BrNO3. The van der Waals surface area contributed by atoms with E-state index in [1.54, 1.807) is 24.3 Å². The molecule has 0 saturated carbocycles. The first kappa shape index (κ1) is 14.0. The number of aldehydes is 1. The Hall–Kier alpha value is -1.04. The number of ketones is 1. The Labute approximate surface area is 96.5 Å². The molecule has 0 aliphatic heterocycles. The molecule has 0 fully saturated rings. The Morgan fingerprint density at radius 1 is 1.47 bits per heavy atom. The number of halogens is 1. The Balaban J connectivity index is 0.000000583. The molecule has 0 bridgehead atoms. The van der Waals surface area contributed by atoms with Crippen molar-refractivity contribution in [2.45, 2.75) is 6.42 Å². The van der Waals surface area contributed by atoms with Gasteiger partial charge in [-0.3, -0.25) is 4.79 Å². The molecule has 0 aromatic heterocycles. The summed E-state index contributed by atoms with van der Waals surface area (Å²) in [5.41, 5.74) is 0.574. The number of hydrogen-bond acceptors (Lipinski definition) is 4. The molecule has 1 aromatic rings. The average Bonchev–Trinajstić information content (AvgIpc) is 2.20. The van der Waals surface area contributed by atoms with Gasteiger partial charge in [0.25, 0.3) is 0 Å². The van der Waals surface area contributed by atoms with Gasteiger partial charge in [0.2, 0.25) is 0 Å². The van der Waals surface area contributed by atoms with E-state index in [9.17, 15) is 9.59 Å². The van der Waals surface area contributed by atoms with E-state index >= 15 is 0 Å². The van der Waals surface area contributed by atoms with E-state index < -0.39 is 0 Å². The number of hydrogen-bond donors (Lipinski definition) is 1. The molecule has 0 spiro atoms. The summed E-state index contributed by atoms with van der Waals surface area (Å²) in [5.74, 6) is 4.21. The van der Waals surface area contributed by atoms with E-state index in [0.717, 1.165) is 4.47 Å². The summed E-state index contributed by atoms with van der Waals surface area (Å²) >= 11 is 3.25. The van der Waals surface area contributed by atoms with E-state index in [0.29, 0.717) is 11.8 Å². The maximum atomic E-state index is 11.1. The normalized spacial score (nSPS) is 8.73. The molecule has 82 valence electrons. The van der Waals surface area contributed by atoms with Gasteiger partial charge in [0.05, 0.1) is 13.5 Å². The fourth-order valence-corrected chi connectivity index (χ4v) is 1.09. The van der Waals surface area contributed by atoms with E-state index in [-0.39, 0.29) is 12.2 Å². The first-order chi connectivity index (χ1) is 7.15. The van der Waals surface area contributed by atoms with Gasteiger partial charge in [-0.2, -0.15) is 0 Å². The van der Waals surface area contributed by atoms with E-state index in [4.69, 9.17) is 0 Å². The number of rotatable bonds is 3. The highest BCUT2D eigenvalue weighted by molar-refractivity contribution is 9.10. The minimum Gasteiger partial charge on any atom is -0.308 e. The Morgan fingerprint density at radius 2 is 1.93 bits per heavy atom. The highest BCUT2D eigenvalue weighted by Crippen LogP contribution is 2.11. The third-order valence-corrected chi connectivity index (χ3v) is 1.96. The van der Waals surface area contributed by atoms with Gasteiger partial charge in [-0.25, -0.2) is 5.90 Å². The van der Waals surface area contributed by atoms with Crippen LogP contribution in [0.3, 0.4) is 0 Å². The molecule has 2 N–H and O–H groups in total. The largest absolute Gasteiger partial charge is 0.308 e. The SMILES string of the molecule is CON.O=CCC(=O)c1ccc(Br)cc1. The standard InChI is InChI=1S/C9H7BrO2.CH5NO/c10-8-3-1-7(2-4-8)9(12)5-6-11;1-3-2/h1-4,6H,5H2;2H2,1H3. The van der Waals surface area contributed by atoms with Crippen molar-refractivity contribution < 1.29 is 14.4 Å². The number of benzene rings is 1. The van der Waals surface area contributed by atoms with Gasteiger partial charge in [0.15, 0.2) is 5.78 Å². The van der Waals surface area contributed by atoms with Crippen LogP contribution >= 0.6 is 15.9 Å². The van der Waals surface area contributed by atoms with Crippen molar-refractivity contribution in [2.75, 3.05) is 7.11 Å². The van der Waals surface area contributed by atoms with E-state index in [1.165, 1.54) is 7.11 Å². The van der Waals surface area contributed by atoms with Crippen LogP contribution < -0.4 is 5.90 Å². The molecule has 0 aliphatic carbocycles. The maximum Gasteiger partial charge on any atom is 0.169 e. The van der Waals surface area contributed by atoms with Crippen LogP contribution in [0.4, 0.5) is 0 Å². The van der Waals surface area contributed by atoms with Crippen molar-refractivity contribution in [1.29, 1.82) is 0 Å². The van der Waals surface area contributed by atoms with Crippen molar-refractivity contribution in [1.82, 2.24) is 0 Å². The molecule has 0 atom stereocenters. The van der Waals surface area contributed by atoms with Crippen LogP contribution in [0.1, 0.15) is 16.8 Å². The van der Waals surface area contributed by atoms with Crippen LogP contribution in [0, 0.1) is 0 Å². The molecule has 4 nitrogen and oxygen atoms in total. The second-order valence-corrected chi connectivity index (χ2v) is 3.45. The van der Waals surface area contributed by atoms with Crippen molar-refractivity contribution in [3.8, 4) is 0 Å². The van der Waals surface area contributed by atoms with Crippen LogP contribution in [-0.2, 0) is 9.63 Å². The maximum absolute atomic E-state index is 11.1. The zero-order valence-corrected chi connectivity index (χ0v) is 9.86. The minimum atomic E-state index is -0.141. The molecule has 0 unspecified atom stereocenters. The topological polar surface area (TPSA) is 69.4 Å². The summed E-state index contributed by atoms with van der Waals surface area (Å²) in [4.78, 5) is 24.9. The lowest BCUT2D eigenvalue weighted by Crippen LogP contribution is -1.98. The molecule has 0 amide bonds. The van der Waals surface area contributed by atoms with E-state index in [1.807, 2.05) is 0 Å². The van der Waals surface area contributed by atoms with Crippen LogP contribution in [-0.4, -0.2) is 19.2 Å². The third kappa shape index (κ3) is 6.11. The predicted molar refractivity (Wildman–Crippen MR) is 60.3 cm³/mol. The zero-order valence-electron chi connectivity index (χ0n) is 8.27. The quantitative estimate of drug-likeness (QED) is 0.394. The summed E-state index contributed by atoms with van der Waals surface area (Å²) in [7, 11) is 1.40. The van der Waals surface area contributed by atoms with Gasteiger partial charge < -0.3 is 9.63 Å². The average molecular weight is 274 g/mol. The van der Waals surface area contributed by atoms with Gasteiger partial charge in [0.1, 0.15) is 6.29 Å². The lowest BCUT2D eigenvalue weighted by molar-refractivity contribution is -0.107. The monoisotopic (exact) mass is 273 g/mol. The molecule has 1 aromatic carbocycles. The molecular weight excluding hydrogens is 262 g/mol. The zero-order chi connectivity index (χ0) is 11.7. The smallest absolute Gasteiger partial charge is 0.169 e. The van der Waals surface area contributed by atoms with Gasteiger partial charge in [-0.1, -0.05) is 28.1 Å². The fourth-order valence-electron chi connectivity index (χ4n) is 0.829. The first-order valence-electron chi connectivity index (χ1n) is 4.11. The number of Topliss-reactive ketones (excluding diaryl/α,β-unsaturated/α-hetero) is 1. The number of carbonyl (C=O) groups excluding carboxylic acids is 2. The summed E-state index contributed by atoms with van der Waals surface area (Å²) in [6.45, 7) is 0. The Kier molecular flexibility index (Phi) is 7.71. The fraction of sp³-hybridized carbons (Fsp3) is 0.200. The summed E-state index contributed by atoms with van der Waals surface area (Å²) < 4.78 is 0.921. The van der Waals surface area contributed by atoms with Gasteiger partial charge in [0, 0.05) is 10.0 Å². The van der Waals surface area contributed by atoms with Crippen molar-refractivity contribution in [2.24, 2.45) is 5.90 Å². The molecule has 0 radical (unpaired) electrons. The van der Waals surface area contributed by atoms with Gasteiger partial charge in [-0.15, -0.1) is 0 Å². The summed E-state index contributed by atoms with van der Waals surface area (Å²) in [5, 5.41) is 0. The van der Waals surface area contributed by atoms with Crippen LogP contribution in [0.2, 0.25) is 0 Å². The molecule has 0 heterocycles. The van der Waals surface area contributed by atoms with Crippen LogP contribution in [0.15, 0.2) is 28.7 Å². The third-order valence-electron chi connectivity index (χ3n) is 1.43. The lowest BCUT2D eigenvalue weighted by Gasteiger charge is -1.95. The highest BCUT2D eigenvalue weighted by atomic mass is 79.9. The van der Waals surface area contributed by atoms with Crippen molar-refractivity contribution in [3.05, 3.63) is 34.3 Å². The lowest BCUT2D eigenvalue weighted by atomic mass is 10.1. The van der Waals surface area contributed by atoms with Crippen LogP contribution in [0.5, 0.6) is 0 Å². The Morgan fingerprint density at radius 3 is 2.33 bits per heavy atom. The predicted octanol–water partition coefficient (Wildman–Crippen LogP) is 1.73. The van der Waals surface area contributed by atoms with E-state index in [2.05, 4.69) is 26.7 Å². The molecule has 5 heteroatoms. The summed E-state index contributed by atoms with van der Waals surface area (Å²) in [6, 6.07) is 6.93. The highest BCUT2D eigenvalue weighted by Gasteiger charge is 2.02. The second kappa shape index (κ2) is 8.28. The first-order valence-corrected chi connectivity index (χ1v) is 4.90. The molecule has 15 heavy (non-hydrogen) atoms. The van der Waals surface area contributed by atoms with Gasteiger partial charge >= 0.3 is 0 Å². The van der Waals surface area contributed by atoms with Crippen LogP contribution in [0.25, 0.3) is 0 Å². The van der Waals surface area contributed by atoms with Crippen molar-refractivity contribution in [3.63, 3.8) is 0 Å². The molecule has 1 rings (SSSR count). The van der Waals surface area contributed by atoms with Gasteiger partial charge in [-0.05, 0) is 12.1 Å².